The molecule has 4 aromatic rings. The van der Waals surface area contributed by atoms with Crippen molar-refractivity contribution < 1.29 is 60.9 Å². The predicted octanol–water partition coefficient (Wildman–Crippen LogP) is 5.50. The maximum Gasteiger partial charge on any atom is 0.471 e. The number of rotatable bonds is 21. The van der Waals surface area contributed by atoms with Crippen molar-refractivity contribution >= 4 is 58.2 Å². The summed E-state index contributed by atoms with van der Waals surface area (Å²) in [6.07, 6.45) is -6.31. The third-order valence-electron chi connectivity index (χ3n) is 10.4. The molecule has 18 nitrogen and oxygen atoms in total. The molecule has 2 atom stereocenters. The van der Waals surface area contributed by atoms with Crippen molar-refractivity contribution in [2.75, 3.05) is 43.6 Å². The number of ether oxygens (including phenoxy) is 4. The lowest BCUT2D eigenvalue weighted by Crippen LogP contribution is -2.48. The van der Waals surface area contributed by atoms with Gasteiger partial charge in [0.2, 0.25) is 17.8 Å². The summed E-state index contributed by atoms with van der Waals surface area (Å²) in [6, 6.07) is 16.4. The van der Waals surface area contributed by atoms with Crippen LogP contribution in [0.15, 0.2) is 77.6 Å². The number of hydrogen-bond donors (Lipinski definition) is 5. The highest BCUT2D eigenvalue weighted by Crippen LogP contribution is 2.34. The van der Waals surface area contributed by atoms with Crippen molar-refractivity contribution in [2.45, 2.75) is 85.5 Å². The van der Waals surface area contributed by atoms with Crippen molar-refractivity contribution in [3.8, 4) is 0 Å². The molecular formula is C46H56F3N7O11. The van der Waals surface area contributed by atoms with Crippen LogP contribution < -0.4 is 31.7 Å². The van der Waals surface area contributed by atoms with Crippen molar-refractivity contribution in [3.63, 3.8) is 0 Å². The van der Waals surface area contributed by atoms with E-state index < -0.39 is 77.1 Å². The zero-order valence-corrected chi connectivity index (χ0v) is 38.3. The molecule has 0 radical (unpaired) electrons. The summed E-state index contributed by atoms with van der Waals surface area (Å²) in [6.45, 7) is 10.5. The number of nitrogens with one attached hydrogen (secondary N) is 5. The Morgan fingerprint density at radius 2 is 1.48 bits per heavy atom. The molecule has 67 heavy (non-hydrogen) atoms. The number of alkyl carbamates (subject to hydrolysis) is 1. The fraction of sp³-hybridized carbons (Fsp3) is 0.435. The maximum absolute atomic E-state index is 13.9. The Morgan fingerprint density at radius 3 is 2.07 bits per heavy atom. The number of aromatic nitrogens is 2. The van der Waals surface area contributed by atoms with Gasteiger partial charge in [0.1, 0.15) is 12.6 Å². The molecule has 0 saturated heterocycles. The van der Waals surface area contributed by atoms with Crippen LogP contribution in [0.5, 0.6) is 0 Å². The number of alkyl halides is 3. The number of amides is 5. The highest BCUT2D eigenvalue weighted by atomic mass is 19.4. The predicted molar refractivity (Wildman–Crippen MR) is 239 cm³/mol. The Balaban J connectivity index is 1.31. The Morgan fingerprint density at radius 1 is 0.836 bits per heavy atom. The van der Waals surface area contributed by atoms with Crippen molar-refractivity contribution in [2.24, 2.45) is 11.3 Å². The smallest absolute Gasteiger partial charge is 0.467 e. The van der Waals surface area contributed by atoms with Gasteiger partial charge in [0.25, 0.3) is 11.5 Å². The number of esters is 1. The van der Waals surface area contributed by atoms with Crippen LogP contribution in [0.25, 0.3) is 10.9 Å². The van der Waals surface area contributed by atoms with Gasteiger partial charge in [-0.3, -0.25) is 34.3 Å². The van der Waals surface area contributed by atoms with Gasteiger partial charge < -0.3 is 39.8 Å². The quantitative estimate of drug-likeness (QED) is 0.0396. The molecule has 0 bridgehead atoms. The Labute approximate surface area is 384 Å². The number of hydrogen-bond acceptors (Lipinski definition) is 12. The van der Waals surface area contributed by atoms with E-state index >= 15 is 0 Å². The summed E-state index contributed by atoms with van der Waals surface area (Å²) in [5.74, 6) is -6.43. The average Bonchev–Trinajstić information content (AvgIpc) is 3.28. The van der Waals surface area contributed by atoms with Gasteiger partial charge >= 0.3 is 24.1 Å². The summed E-state index contributed by atoms with van der Waals surface area (Å²) >= 11 is 0. The second-order valence-corrected chi connectivity index (χ2v) is 16.7. The molecule has 5 N–H and O–H groups in total. The summed E-state index contributed by atoms with van der Waals surface area (Å²) < 4.78 is 63.7. The number of benzene rings is 3. The number of methoxy groups -OCH3 is 1. The van der Waals surface area contributed by atoms with E-state index in [9.17, 15) is 46.7 Å². The van der Waals surface area contributed by atoms with Crippen LogP contribution in [0, 0.1) is 11.3 Å². The molecule has 1 aromatic heterocycles. The van der Waals surface area contributed by atoms with Gasteiger partial charge in [0, 0.05) is 42.1 Å². The van der Waals surface area contributed by atoms with E-state index in [4.69, 9.17) is 18.9 Å². The van der Waals surface area contributed by atoms with E-state index in [2.05, 4.69) is 31.2 Å². The number of anilines is 2. The summed E-state index contributed by atoms with van der Waals surface area (Å²) in [5.41, 5.74) is -0.432. The number of nitrogens with zero attached hydrogens (tertiary/aromatic N) is 2. The molecule has 1 unspecified atom stereocenters. The molecule has 0 fully saturated rings. The largest absolute Gasteiger partial charge is 0.471 e. The van der Waals surface area contributed by atoms with Crippen LogP contribution in [0.3, 0.4) is 0 Å². The highest BCUT2D eigenvalue weighted by molar-refractivity contribution is 6.00. The summed E-state index contributed by atoms with van der Waals surface area (Å²) in [7, 11) is 1.09. The fourth-order valence-corrected chi connectivity index (χ4v) is 6.09. The normalized spacial score (nSPS) is 12.9. The number of carbonyl (C=O) groups excluding carboxylic acids is 6. The molecule has 0 aliphatic carbocycles. The molecule has 0 aliphatic heterocycles. The van der Waals surface area contributed by atoms with Gasteiger partial charge in [-0.2, -0.15) is 13.2 Å². The zero-order chi connectivity index (χ0) is 49.5. The second-order valence-electron chi connectivity index (χ2n) is 16.7. The van der Waals surface area contributed by atoms with Crippen LogP contribution in [-0.4, -0.2) is 97.1 Å². The third-order valence-corrected chi connectivity index (χ3v) is 10.4. The summed E-state index contributed by atoms with van der Waals surface area (Å²) in [4.78, 5) is 95.4. The average molecular weight is 940 g/mol. The number of H-pyrrole nitrogens is 1. The third kappa shape index (κ3) is 15.6. The molecule has 0 spiro atoms. The lowest BCUT2D eigenvalue weighted by Gasteiger charge is -2.41. The van der Waals surface area contributed by atoms with Crippen LogP contribution in [0.2, 0.25) is 0 Å². The van der Waals surface area contributed by atoms with Gasteiger partial charge in [0.05, 0.1) is 37.8 Å². The first kappa shape index (κ1) is 52.8. The SMILES string of the molecule is COC(=O)[C@H](CCC(=O)NCCOC(C)(OCCNC(=O)OCc1ccccc1)C(C)(C)C)NC(=O)c1ccc(N(Cc2ccc3nc(NC(=O)C(C)C)[nH]c(=O)c3c2)C(=O)C(F)(F)F)cc1. The monoisotopic (exact) mass is 939 g/mol. The molecule has 5 amide bonds. The highest BCUT2D eigenvalue weighted by Gasteiger charge is 2.43. The molecular weight excluding hydrogens is 884 g/mol. The van der Waals surface area contributed by atoms with Gasteiger partial charge in [0.15, 0.2) is 5.79 Å². The van der Waals surface area contributed by atoms with Crippen LogP contribution in [0.4, 0.5) is 29.6 Å². The van der Waals surface area contributed by atoms with Crippen molar-refractivity contribution in [1.82, 2.24) is 25.9 Å². The van der Waals surface area contributed by atoms with Gasteiger partial charge in [-0.15, -0.1) is 0 Å². The number of aromatic amines is 1. The Kier molecular flexibility index (Phi) is 18.5. The first-order chi connectivity index (χ1) is 31.5. The van der Waals surface area contributed by atoms with E-state index in [1.807, 2.05) is 51.1 Å². The lowest BCUT2D eigenvalue weighted by molar-refractivity contribution is -0.276. The van der Waals surface area contributed by atoms with E-state index in [0.29, 0.717) is 4.90 Å². The maximum atomic E-state index is 13.9. The van der Waals surface area contributed by atoms with E-state index in [1.165, 1.54) is 18.2 Å². The Hall–Kier alpha value is -6.87. The Bertz CT molecular complexity index is 2420. The van der Waals surface area contributed by atoms with E-state index in [1.54, 1.807) is 20.8 Å². The fourth-order valence-electron chi connectivity index (χ4n) is 6.09. The summed E-state index contributed by atoms with van der Waals surface area (Å²) in [5, 5.41) is 10.3. The minimum Gasteiger partial charge on any atom is -0.467 e. The molecule has 4 rings (SSSR count). The van der Waals surface area contributed by atoms with Crippen LogP contribution >= 0.6 is 0 Å². The van der Waals surface area contributed by atoms with Crippen molar-refractivity contribution in [3.05, 3.63) is 99.8 Å². The molecule has 362 valence electrons. The van der Waals surface area contributed by atoms with Crippen LogP contribution in [0.1, 0.15) is 75.9 Å². The molecule has 0 aliphatic rings. The molecule has 0 saturated carbocycles. The first-order valence-electron chi connectivity index (χ1n) is 21.2. The van der Waals surface area contributed by atoms with Crippen LogP contribution in [-0.2, 0) is 51.3 Å². The minimum atomic E-state index is -5.30. The van der Waals surface area contributed by atoms with E-state index in [-0.39, 0.29) is 79.4 Å². The van der Waals surface area contributed by atoms with Gasteiger partial charge in [-0.05, 0) is 60.9 Å². The van der Waals surface area contributed by atoms with E-state index in [0.717, 1.165) is 36.9 Å². The zero-order valence-electron chi connectivity index (χ0n) is 38.3. The topological polar surface area (TPSA) is 236 Å². The standard InChI is InChI=1S/C46H56F3N7O11/c1-28(2)37(58)54-42-53-34-18-13-30(25-33(34)39(60)55-42)26-56(41(62)46(47,48)49)32-16-14-31(15-17-32)38(59)52-35(40(61)64-7)19-20-36(57)50-21-23-66-45(6,44(3,4)5)67-24-22-51-43(63)65-27-29-11-9-8-10-12-29/h8-18,25,28,35H,19-24,26-27H2,1-7H3,(H,50,57)(H,51,63)(H,52,59)(H2,53,54,55,58,60)/t35-,45?/m0/s1. The van der Waals surface area contributed by atoms with Crippen molar-refractivity contribution in [1.29, 1.82) is 0 Å². The second kappa shape index (κ2) is 23.5. The van der Waals surface area contributed by atoms with Gasteiger partial charge in [-0.25, -0.2) is 14.6 Å². The lowest BCUT2D eigenvalue weighted by atomic mass is 9.86. The van der Waals surface area contributed by atoms with Gasteiger partial charge in [-0.1, -0.05) is 71.0 Å². The number of carbonyl (C=O) groups is 6. The molecule has 1 heterocycles. The first-order valence-corrected chi connectivity index (χ1v) is 21.2. The number of fused-ring (bicyclic) bond motifs is 1. The molecule has 3 aromatic carbocycles. The number of halogens is 3. The molecule has 21 heteroatoms. The minimum absolute atomic E-state index is 0.00878.